The van der Waals surface area contributed by atoms with Crippen LogP contribution in [0.25, 0.3) is 0 Å². The Morgan fingerprint density at radius 3 is 2.26 bits per heavy atom. The molecule has 0 saturated carbocycles. The van der Waals surface area contributed by atoms with Crippen LogP contribution in [0.3, 0.4) is 0 Å². The van der Waals surface area contributed by atoms with E-state index in [2.05, 4.69) is 10.1 Å². The Morgan fingerprint density at radius 1 is 1.04 bits per heavy atom. The average Bonchev–Trinajstić information content (AvgIpc) is 2.60. The Labute approximate surface area is 156 Å². The van der Waals surface area contributed by atoms with Crippen LogP contribution in [0.15, 0.2) is 42.5 Å². The van der Waals surface area contributed by atoms with Crippen molar-refractivity contribution < 1.29 is 27.4 Å². The van der Waals surface area contributed by atoms with Crippen molar-refractivity contribution in [3.05, 3.63) is 64.7 Å². The largest absolute Gasteiger partial charge is 0.491 e. The molecule has 0 saturated heterocycles. The molecule has 146 valence electrons. The third-order valence-electron chi connectivity index (χ3n) is 3.79. The first-order valence-electron chi connectivity index (χ1n) is 8.47. The predicted molar refractivity (Wildman–Crippen MR) is 95.9 cm³/mol. The molecule has 0 spiro atoms. The fourth-order valence-electron chi connectivity index (χ4n) is 2.48. The quantitative estimate of drug-likeness (QED) is 0.698. The molecule has 2 rings (SSSR count). The summed E-state index contributed by atoms with van der Waals surface area (Å²) < 4.78 is 46.4. The Kier molecular flexibility index (Phi) is 7.24. The van der Waals surface area contributed by atoms with Crippen molar-refractivity contribution in [2.45, 2.75) is 26.6 Å². The van der Waals surface area contributed by atoms with Gasteiger partial charge < -0.3 is 14.8 Å². The number of carbonyl (C=O) groups is 1. The van der Waals surface area contributed by atoms with E-state index in [-0.39, 0.29) is 12.5 Å². The lowest BCUT2D eigenvalue weighted by Gasteiger charge is -2.12. The molecule has 1 N–H and O–H groups in total. The molecule has 4 nitrogen and oxygen atoms in total. The number of aryl methyl sites for hydroxylation is 2. The smallest absolute Gasteiger partial charge is 0.411 e. The van der Waals surface area contributed by atoms with Gasteiger partial charge in [0.25, 0.3) is 5.91 Å². The standard InChI is InChI=1S/C20H22F3NO3/c1-14-4-3-5-15(2)18(14)27-11-10-24-19(25)17-8-6-16(7-9-17)12-26-13-20(21,22)23/h3-9H,10-13H2,1-2H3,(H,24,25). The molecule has 27 heavy (non-hydrogen) atoms. The van der Waals surface area contributed by atoms with E-state index >= 15 is 0 Å². The van der Waals surface area contributed by atoms with Gasteiger partial charge in [-0.15, -0.1) is 0 Å². The number of hydrogen-bond acceptors (Lipinski definition) is 3. The zero-order chi connectivity index (χ0) is 19.9. The highest BCUT2D eigenvalue weighted by atomic mass is 19.4. The molecule has 2 aromatic carbocycles. The van der Waals surface area contributed by atoms with Crippen molar-refractivity contribution in [2.24, 2.45) is 0 Å². The molecule has 7 heteroatoms. The van der Waals surface area contributed by atoms with Gasteiger partial charge in [0.2, 0.25) is 0 Å². The second-order valence-electron chi connectivity index (χ2n) is 6.13. The second kappa shape index (κ2) is 9.41. The highest BCUT2D eigenvalue weighted by Crippen LogP contribution is 2.22. The van der Waals surface area contributed by atoms with E-state index in [4.69, 9.17) is 4.74 Å². The van der Waals surface area contributed by atoms with Crippen molar-refractivity contribution in [1.82, 2.24) is 5.32 Å². The summed E-state index contributed by atoms with van der Waals surface area (Å²) >= 11 is 0. The topological polar surface area (TPSA) is 47.6 Å². The summed E-state index contributed by atoms with van der Waals surface area (Å²) in [5.41, 5.74) is 3.05. The van der Waals surface area contributed by atoms with Crippen LogP contribution in [0.5, 0.6) is 5.75 Å². The number of amides is 1. The van der Waals surface area contributed by atoms with Gasteiger partial charge in [-0.2, -0.15) is 13.2 Å². The number of hydrogen-bond donors (Lipinski definition) is 1. The van der Waals surface area contributed by atoms with Crippen LogP contribution < -0.4 is 10.1 Å². The summed E-state index contributed by atoms with van der Waals surface area (Å²) in [4.78, 5) is 12.1. The van der Waals surface area contributed by atoms with Gasteiger partial charge in [0.05, 0.1) is 13.2 Å². The van der Waals surface area contributed by atoms with Crippen molar-refractivity contribution in [3.63, 3.8) is 0 Å². The molecule has 2 aromatic rings. The van der Waals surface area contributed by atoms with Crippen molar-refractivity contribution in [1.29, 1.82) is 0 Å². The van der Waals surface area contributed by atoms with E-state index in [1.165, 1.54) is 0 Å². The number of nitrogens with one attached hydrogen (secondary N) is 1. The van der Waals surface area contributed by atoms with E-state index in [0.29, 0.717) is 24.3 Å². The average molecular weight is 381 g/mol. The van der Waals surface area contributed by atoms with Gasteiger partial charge in [-0.3, -0.25) is 4.79 Å². The Morgan fingerprint density at radius 2 is 1.67 bits per heavy atom. The van der Waals surface area contributed by atoms with Crippen LogP contribution in [0.2, 0.25) is 0 Å². The lowest BCUT2D eigenvalue weighted by atomic mass is 10.1. The molecular weight excluding hydrogens is 359 g/mol. The second-order valence-corrected chi connectivity index (χ2v) is 6.13. The fraction of sp³-hybridized carbons (Fsp3) is 0.350. The third-order valence-corrected chi connectivity index (χ3v) is 3.79. The lowest BCUT2D eigenvalue weighted by molar-refractivity contribution is -0.176. The summed E-state index contributed by atoms with van der Waals surface area (Å²) in [7, 11) is 0. The molecular formula is C20H22F3NO3. The van der Waals surface area contributed by atoms with E-state index < -0.39 is 12.8 Å². The number of rotatable bonds is 8. The Balaban J connectivity index is 1.76. The summed E-state index contributed by atoms with van der Waals surface area (Å²) in [6.45, 7) is 3.13. The van der Waals surface area contributed by atoms with E-state index in [1.54, 1.807) is 24.3 Å². The third kappa shape index (κ3) is 6.94. The predicted octanol–water partition coefficient (Wildman–Crippen LogP) is 4.19. The normalized spacial score (nSPS) is 11.3. The Bertz CT molecular complexity index is 738. The fourth-order valence-corrected chi connectivity index (χ4v) is 2.48. The van der Waals surface area contributed by atoms with Gasteiger partial charge in [0, 0.05) is 5.56 Å². The van der Waals surface area contributed by atoms with Crippen LogP contribution in [0.4, 0.5) is 13.2 Å². The van der Waals surface area contributed by atoms with Crippen LogP contribution in [0.1, 0.15) is 27.0 Å². The summed E-state index contributed by atoms with van der Waals surface area (Å²) in [5, 5.41) is 2.75. The van der Waals surface area contributed by atoms with E-state index in [9.17, 15) is 18.0 Å². The number of benzene rings is 2. The van der Waals surface area contributed by atoms with Crippen molar-refractivity contribution in [3.8, 4) is 5.75 Å². The number of alkyl halides is 3. The minimum Gasteiger partial charge on any atom is -0.491 e. The zero-order valence-corrected chi connectivity index (χ0v) is 15.2. The van der Waals surface area contributed by atoms with Gasteiger partial charge in [-0.05, 0) is 42.7 Å². The van der Waals surface area contributed by atoms with Gasteiger partial charge in [0.1, 0.15) is 19.0 Å². The SMILES string of the molecule is Cc1cccc(C)c1OCCNC(=O)c1ccc(COCC(F)(F)F)cc1. The molecule has 0 aliphatic rings. The first kappa shape index (κ1) is 20.8. The maximum atomic E-state index is 12.1. The highest BCUT2D eigenvalue weighted by molar-refractivity contribution is 5.94. The van der Waals surface area contributed by atoms with Crippen LogP contribution >= 0.6 is 0 Å². The Hall–Kier alpha value is -2.54. The maximum Gasteiger partial charge on any atom is 0.411 e. The van der Waals surface area contributed by atoms with Crippen LogP contribution in [-0.4, -0.2) is 31.8 Å². The van der Waals surface area contributed by atoms with Gasteiger partial charge in [0.15, 0.2) is 0 Å². The first-order chi connectivity index (χ1) is 12.8. The monoisotopic (exact) mass is 381 g/mol. The molecule has 1 amide bonds. The van der Waals surface area contributed by atoms with Crippen LogP contribution in [-0.2, 0) is 11.3 Å². The van der Waals surface area contributed by atoms with Gasteiger partial charge in [-0.25, -0.2) is 0 Å². The molecule has 0 aliphatic carbocycles. The van der Waals surface area contributed by atoms with Crippen LogP contribution in [0, 0.1) is 13.8 Å². The van der Waals surface area contributed by atoms with E-state index in [0.717, 1.165) is 16.9 Å². The summed E-state index contributed by atoms with van der Waals surface area (Å²) in [5.74, 6) is 0.540. The summed E-state index contributed by atoms with van der Waals surface area (Å²) in [6.07, 6.45) is -4.35. The number of halogens is 3. The molecule has 0 unspecified atom stereocenters. The number of carbonyl (C=O) groups excluding carboxylic acids is 1. The minimum absolute atomic E-state index is 0.162. The molecule has 0 aromatic heterocycles. The summed E-state index contributed by atoms with van der Waals surface area (Å²) in [6, 6.07) is 12.1. The highest BCUT2D eigenvalue weighted by Gasteiger charge is 2.27. The maximum absolute atomic E-state index is 12.1. The first-order valence-corrected chi connectivity index (χ1v) is 8.47. The minimum atomic E-state index is -4.35. The van der Waals surface area contributed by atoms with Gasteiger partial charge in [-0.1, -0.05) is 30.3 Å². The number of ether oxygens (including phenoxy) is 2. The zero-order valence-electron chi connectivity index (χ0n) is 15.2. The lowest BCUT2D eigenvalue weighted by Crippen LogP contribution is -2.28. The molecule has 0 radical (unpaired) electrons. The molecule has 0 fully saturated rings. The number of para-hydroxylation sites is 1. The van der Waals surface area contributed by atoms with Gasteiger partial charge >= 0.3 is 6.18 Å². The molecule has 0 bridgehead atoms. The van der Waals surface area contributed by atoms with Crippen molar-refractivity contribution in [2.75, 3.05) is 19.8 Å². The molecule has 0 heterocycles. The molecule has 0 atom stereocenters. The van der Waals surface area contributed by atoms with E-state index in [1.807, 2.05) is 32.0 Å². The van der Waals surface area contributed by atoms with Crippen molar-refractivity contribution >= 4 is 5.91 Å². The molecule has 0 aliphatic heterocycles.